The molecule has 32 heteroatoms. The fraction of sp³-hybridized carbons (Fsp3) is 0.273. The molecular weight excluding hydrogens is 1540 g/mol. The molecule has 0 unspecified atom stereocenters. The van der Waals surface area contributed by atoms with Crippen LogP contribution in [0.5, 0.6) is 11.5 Å². The van der Waals surface area contributed by atoms with Gasteiger partial charge in [0.15, 0.2) is 0 Å². The van der Waals surface area contributed by atoms with Crippen LogP contribution in [0, 0.1) is 20.8 Å². The zero-order chi connectivity index (χ0) is 78.2. The molecule has 0 spiro atoms. The largest absolute Gasteiger partial charge is 0.573 e. The van der Waals surface area contributed by atoms with Gasteiger partial charge in [0, 0.05) is 58.0 Å². The molecule has 0 radical (unpaired) electrons. The number of carbonyl (C=O) groups excluding carboxylic acids is 1. The van der Waals surface area contributed by atoms with Crippen LogP contribution in [0.3, 0.4) is 0 Å². The zero-order valence-corrected chi connectivity index (χ0v) is 64.3. The minimum atomic E-state index is -4.81. The highest BCUT2D eigenvalue weighted by Crippen LogP contribution is 2.44. The van der Waals surface area contributed by atoms with Crippen molar-refractivity contribution >= 4 is 127 Å². The number of benzene rings is 7. The van der Waals surface area contributed by atoms with Gasteiger partial charge in [-0.15, -0.1) is 47.2 Å². The van der Waals surface area contributed by atoms with Gasteiger partial charge in [-0.2, -0.15) is 27.1 Å². The van der Waals surface area contributed by atoms with Crippen LogP contribution in [0.2, 0.25) is 0 Å². The van der Waals surface area contributed by atoms with Crippen LogP contribution in [0.15, 0.2) is 215 Å². The summed E-state index contributed by atoms with van der Waals surface area (Å²) in [4.78, 5) is 20.4. The molecule has 0 aliphatic carbocycles. The van der Waals surface area contributed by atoms with E-state index in [4.69, 9.17) is 0 Å². The van der Waals surface area contributed by atoms with Crippen molar-refractivity contribution in [1.29, 1.82) is 0 Å². The SMILES string of the molecule is C=C1CC(c2ccc(S(=O)(=O)N(CCCCC(F)(F)F)c3sc4ccccc4c3C)cc2)=NN1.CCCc1cn(-c2ccc(S(=O)(=O)N(Cc3ccc(OC(F)(F)F)cc3)c3sc4ccccc4c3C)cc2)cn1.Cc1c(N(Cc2ccc(OC(C)(F)F)cc2)S(=O)(=O)CCCC2=NOC(=O)C2)sc2ccccc12. The maximum absolute atomic E-state index is 14.1. The fourth-order valence-electron chi connectivity index (χ4n) is 12.1. The lowest BCUT2D eigenvalue weighted by molar-refractivity contribution is -0.274. The number of unbranched alkanes of at least 4 members (excludes halogenated alkanes) is 1. The number of imidazole rings is 1. The number of hydrogen-bond donors (Lipinski definition) is 1. The summed E-state index contributed by atoms with van der Waals surface area (Å²) in [6, 6.07) is 47.0. The van der Waals surface area contributed by atoms with Gasteiger partial charge in [0.25, 0.3) is 20.0 Å². The number of hydrogen-bond acceptors (Lipinski definition) is 17. The molecule has 0 saturated heterocycles. The van der Waals surface area contributed by atoms with E-state index in [1.54, 1.807) is 54.9 Å². The summed E-state index contributed by atoms with van der Waals surface area (Å²) in [5, 5.41) is 12.4. The average Bonchev–Trinajstić information content (AvgIpc) is 1.70. The number of nitrogens with zero attached hydrogens (tertiary/aromatic N) is 7. The number of sulfonamides is 3. The molecule has 0 amide bonds. The first kappa shape index (κ1) is 80.3. The Kier molecular flexibility index (Phi) is 24.8. The fourth-order valence-corrected chi connectivity index (χ4v) is 21.0. The number of ether oxygens (including phenoxy) is 2. The number of alkyl halides is 8. The third-order valence-corrected chi connectivity index (χ3v) is 27.0. The van der Waals surface area contributed by atoms with Gasteiger partial charge in [-0.05, 0) is 181 Å². The van der Waals surface area contributed by atoms with Crippen LogP contribution < -0.4 is 27.8 Å². The monoisotopic (exact) mass is 1610 g/mol. The third-order valence-electron chi connectivity index (χ3n) is 17.4. The first-order chi connectivity index (χ1) is 51.6. The van der Waals surface area contributed by atoms with Crippen molar-refractivity contribution in [3.63, 3.8) is 0 Å². The van der Waals surface area contributed by atoms with E-state index in [2.05, 4.69) is 48.5 Å². The Balaban J connectivity index is 0.000000163. The Bertz CT molecular complexity index is 5510. The second-order valence-electron chi connectivity index (χ2n) is 25.7. The van der Waals surface area contributed by atoms with Crippen molar-refractivity contribution in [2.24, 2.45) is 10.3 Å². The molecule has 0 atom stereocenters. The van der Waals surface area contributed by atoms with Gasteiger partial charge in [-0.3, -0.25) is 18.3 Å². The van der Waals surface area contributed by atoms with Crippen LogP contribution in [-0.4, -0.2) is 83.1 Å². The van der Waals surface area contributed by atoms with Crippen molar-refractivity contribution in [1.82, 2.24) is 15.0 Å². The van der Waals surface area contributed by atoms with E-state index in [0.29, 0.717) is 51.6 Å². The van der Waals surface area contributed by atoms with Crippen molar-refractivity contribution in [2.45, 2.75) is 134 Å². The predicted octanol–water partition coefficient (Wildman–Crippen LogP) is 19.6. The number of nitrogens with one attached hydrogen (secondary N) is 1. The van der Waals surface area contributed by atoms with Gasteiger partial charge in [0.2, 0.25) is 10.0 Å². The molecule has 0 saturated carbocycles. The minimum absolute atomic E-state index is 0.0113. The number of carbonyl (C=O) groups is 1. The smallest absolute Gasteiger partial charge is 0.433 e. The number of fused-ring (bicyclic) bond motifs is 3. The molecule has 0 fully saturated rings. The molecule has 6 heterocycles. The van der Waals surface area contributed by atoms with Gasteiger partial charge >= 0.3 is 24.6 Å². The molecule has 4 aromatic heterocycles. The van der Waals surface area contributed by atoms with Crippen molar-refractivity contribution in [3.8, 4) is 17.2 Å². The van der Waals surface area contributed by atoms with Gasteiger partial charge < -0.3 is 18.9 Å². The number of rotatable bonds is 27. The highest BCUT2D eigenvalue weighted by Gasteiger charge is 2.35. The Morgan fingerprint density at radius 2 is 1.07 bits per heavy atom. The molecule has 2 aliphatic heterocycles. The molecule has 0 bridgehead atoms. The van der Waals surface area contributed by atoms with Crippen LogP contribution in [0.4, 0.5) is 50.1 Å². The Morgan fingerprint density at radius 1 is 0.587 bits per heavy atom. The molecule has 109 heavy (non-hydrogen) atoms. The summed E-state index contributed by atoms with van der Waals surface area (Å²) in [7, 11) is -11.8. The summed E-state index contributed by atoms with van der Waals surface area (Å²) in [5.74, 6) is -0.987. The Labute approximate surface area is 637 Å². The quantitative estimate of drug-likeness (QED) is 0.0289. The standard InChI is InChI=1S/C29H26F3N3O3S2.C24H24F3N3O2S2.C24H24F2N2O5S2/c1-3-6-22-18-34(19-33-22)23-11-15-25(16-12-23)40(36,37)35(28-20(2)26-7-4-5-8-27(26)39-28)17-21-9-13-24(14-10-21)38-29(30,31)32;1-16-15-21(29-28-16)18-9-11-19(12-10-18)34(31,32)30(14-6-5-13-24(25,26)27)23-17(2)20-7-3-4-8-22(20)33-23;1-16-20-7-3-4-8-21(20)34-23(16)28(15-17-9-11-19(12-10-17)32-24(2,25)26)35(30,31)13-5-6-18-14-22(29)33-27-18/h4-5,7-16,18-19H,3,6,17H2,1-2H3;3-4,7-12,28H,1,5-6,13-15H2,2H3;3-4,7-12H,5-6,13-15H2,1-2H3. The second-order valence-corrected chi connectivity index (χ2v) is 34.5. The minimum Gasteiger partial charge on any atom is -0.433 e. The molecule has 1 N–H and O–H groups in total. The molecule has 574 valence electrons. The van der Waals surface area contributed by atoms with Crippen LogP contribution in [0.25, 0.3) is 35.9 Å². The summed E-state index contributed by atoms with van der Waals surface area (Å²) >= 11 is 4.06. The third kappa shape index (κ3) is 20.2. The number of aryl methyl sites for hydroxylation is 4. The number of hydrazone groups is 1. The van der Waals surface area contributed by atoms with Crippen LogP contribution >= 0.6 is 34.0 Å². The zero-order valence-electron chi connectivity index (χ0n) is 59.4. The number of oxime groups is 1. The molecule has 13 rings (SSSR count). The van der Waals surface area contributed by atoms with Gasteiger partial charge in [-0.25, -0.2) is 35.0 Å². The first-order valence-electron chi connectivity index (χ1n) is 34.2. The highest BCUT2D eigenvalue weighted by molar-refractivity contribution is 7.93. The normalized spacial score (nSPS) is 13.5. The number of halogens is 8. The molecule has 18 nitrogen and oxygen atoms in total. The van der Waals surface area contributed by atoms with E-state index in [-0.39, 0.29) is 72.4 Å². The van der Waals surface area contributed by atoms with Gasteiger partial charge in [0.1, 0.15) is 26.5 Å². The lowest BCUT2D eigenvalue weighted by Crippen LogP contribution is -2.32. The molecular formula is C77H74F8N8O10S6. The van der Waals surface area contributed by atoms with E-state index in [9.17, 15) is 65.2 Å². The maximum atomic E-state index is 14.1. The van der Waals surface area contributed by atoms with E-state index in [1.165, 1.54) is 95.5 Å². The summed E-state index contributed by atoms with van der Waals surface area (Å²) in [5.41, 5.74) is 10.9. The molecule has 11 aromatic rings. The van der Waals surface area contributed by atoms with Crippen molar-refractivity contribution in [3.05, 3.63) is 234 Å². The van der Waals surface area contributed by atoms with E-state index < -0.39 is 61.1 Å². The number of thiophene rings is 3. The highest BCUT2D eigenvalue weighted by atomic mass is 32.2. The maximum Gasteiger partial charge on any atom is 0.573 e. The lowest BCUT2D eigenvalue weighted by Gasteiger charge is -2.24. The Morgan fingerprint density at radius 3 is 1.54 bits per heavy atom. The van der Waals surface area contributed by atoms with E-state index in [1.807, 2.05) is 104 Å². The van der Waals surface area contributed by atoms with Crippen LogP contribution in [0.1, 0.15) is 104 Å². The summed E-state index contributed by atoms with van der Waals surface area (Å²) in [6.45, 7) is 12.1. The number of allylic oxidation sites excluding steroid dienone is 1. The predicted molar refractivity (Wildman–Crippen MR) is 413 cm³/mol. The molecule has 7 aromatic carbocycles. The topological polar surface area (TPSA) is 211 Å². The van der Waals surface area contributed by atoms with Crippen LogP contribution in [-0.2, 0) is 59.2 Å². The number of anilines is 3. The van der Waals surface area contributed by atoms with E-state index in [0.717, 1.165) is 88.1 Å². The van der Waals surface area contributed by atoms with Gasteiger partial charge in [0.05, 0.1) is 58.5 Å². The summed E-state index contributed by atoms with van der Waals surface area (Å²) in [6.07, 6.45) is -6.70. The molecule has 2 aliphatic rings. The average molecular weight is 1620 g/mol. The number of aromatic nitrogens is 2. The second kappa shape index (κ2) is 33.6. The van der Waals surface area contributed by atoms with Crippen molar-refractivity contribution < 1.29 is 79.5 Å². The van der Waals surface area contributed by atoms with Crippen molar-refractivity contribution in [2.75, 3.05) is 25.2 Å². The summed E-state index contributed by atoms with van der Waals surface area (Å²) < 4.78 is 202. The first-order valence-corrected chi connectivity index (χ1v) is 41.1. The Hall–Kier alpha value is -9.73. The van der Waals surface area contributed by atoms with E-state index >= 15 is 0 Å². The lowest BCUT2D eigenvalue weighted by atomic mass is 10.1. The van der Waals surface area contributed by atoms with Gasteiger partial charge in [-0.1, -0.05) is 116 Å².